The summed E-state index contributed by atoms with van der Waals surface area (Å²) in [5.41, 5.74) is 4.60. The van der Waals surface area contributed by atoms with Gasteiger partial charge in [0.15, 0.2) is 0 Å². The number of nitrogens with two attached hydrogens (primary N) is 1. The van der Waals surface area contributed by atoms with E-state index < -0.39 is 21.5 Å². The van der Waals surface area contributed by atoms with Gasteiger partial charge in [0, 0.05) is 0 Å². The van der Waals surface area contributed by atoms with E-state index in [9.17, 15) is 18.3 Å². The van der Waals surface area contributed by atoms with Crippen molar-refractivity contribution < 1.29 is 23.4 Å². The Labute approximate surface area is 122 Å². The molecule has 1 aromatic rings. The minimum atomic E-state index is -3.92. The van der Waals surface area contributed by atoms with E-state index in [1.54, 1.807) is 0 Å². The molecule has 0 bridgehead atoms. The van der Waals surface area contributed by atoms with Crippen molar-refractivity contribution in [3.63, 3.8) is 0 Å². The lowest BCUT2D eigenvalue weighted by Gasteiger charge is -2.27. The number of hydrogen-bond donors (Lipinski definition) is 4. The van der Waals surface area contributed by atoms with Crippen LogP contribution in [0, 0.1) is 0 Å². The second-order valence-corrected chi connectivity index (χ2v) is 6.96. The number of aliphatic hydroxyl groups is 1. The molecular weight excluding hydrogens is 296 g/mol. The van der Waals surface area contributed by atoms with Crippen LogP contribution in [0.15, 0.2) is 23.1 Å². The van der Waals surface area contributed by atoms with Gasteiger partial charge in [0.05, 0.1) is 23.4 Å². The van der Waals surface area contributed by atoms with Crippen LogP contribution in [0.25, 0.3) is 0 Å². The number of hydrogen-bond acceptors (Lipinski definition) is 5. The molecule has 0 saturated heterocycles. The Bertz CT molecular complexity index is 651. The van der Waals surface area contributed by atoms with Crippen LogP contribution < -0.4 is 10.5 Å². The van der Waals surface area contributed by atoms with Gasteiger partial charge >= 0.3 is 5.97 Å². The van der Waals surface area contributed by atoms with Crippen LogP contribution in [0.1, 0.15) is 36.0 Å². The van der Waals surface area contributed by atoms with Gasteiger partial charge in [-0.15, -0.1) is 0 Å². The number of sulfonamides is 1. The summed E-state index contributed by atoms with van der Waals surface area (Å²) >= 11 is 0. The molecule has 0 aliphatic heterocycles. The van der Waals surface area contributed by atoms with Crippen LogP contribution in [-0.4, -0.2) is 36.7 Å². The lowest BCUT2D eigenvalue weighted by atomic mass is 10.0. The SMILES string of the molecule is Nc1cc(C(=O)O)ccc1S(=O)(=O)NC1(CO)CCCC1. The smallest absolute Gasteiger partial charge is 0.335 e. The maximum Gasteiger partial charge on any atom is 0.335 e. The average molecular weight is 314 g/mol. The molecule has 0 unspecified atom stereocenters. The molecule has 1 aliphatic carbocycles. The number of rotatable bonds is 5. The minimum absolute atomic E-state index is 0.0795. The number of carbonyl (C=O) groups is 1. The van der Waals surface area contributed by atoms with Crippen molar-refractivity contribution in [1.82, 2.24) is 4.72 Å². The van der Waals surface area contributed by atoms with Crippen LogP contribution in [0.4, 0.5) is 5.69 Å². The minimum Gasteiger partial charge on any atom is -0.478 e. The summed E-state index contributed by atoms with van der Waals surface area (Å²) in [5.74, 6) is -1.18. The van der Waals surface area contributed by atoms with Gasteiger partial charge in [0.1, 0.15) is 4.90 Å². The highest BCUT2D eigenvalue weighted by Crippen LogP contribution is 2.31. The van der Waals surface area contributed by atoms with E-state index in [0.717, 1.165) is 18.9 Å². The molecule has 0 amide bonds. The van der Waals surface area contributed by atoms with Gasteiger partial charge < -0.3 is 15.9 Å². The van der Waals surface area contributed by atoms with Crippen LogP contribution in [0.2, 0.25) is 0 Å². The molecule has 7 nitrogen and oxygen atoms in total. The molecule has 0 radical (unpaired) electrons. The number of nitrogen functional groups attached to an aromatic ring is 1. The highest BCUT2D eigenvalue weighted by Gasteiger charge is 2.38. The van der Waals surface area contributed by atoms with Crippen molar-refractivity contribution in [2.45, 2.75) is 36.1 Å². The molecule has 5 N–H and O–H groups in total. The summed E-state index contributed by atoms with van der Waals surface area (Å²) in [5, 5.41) is 18.3. The molecule has 2 rings (SSSR count). The van der Waals surface area contributed by atoms with Gasteiger partial charge in [-0.2, -0.15) is 0 Å². The lowest BCUT2D eigenvalue weighted by Crippen LogP contribution is -2.49. The molecule has 1 saturated carbocycles. The van der Waals surface area contributed by atoms with Gasteiger partial charge in [-0.05, 0) is 31.0 Å². The summed E-state index contributed by atoms with van der Waals surface area (Å²) in [7, 11) is -3.92. The standard InChI is InChI=1S/C13H18N2O5S/c14-10-7-9(12(17)18)3-4-11(10)21(19,20)15-13(8-16)5-1-2-6-13/h3-4,7,15-16H,1-2,5-6,8,14H2,(H,17,18). The number of anilines is 1. The Kier molecular flexibility index (Phi) is 4.22. The Hall–Kier alpha value is -1.64. The van der Waals surface area contributed by atoms with E-state index >= 15 is 0 Å². The molecule has 0 spiro atoms. The number of nitrogens with one attached hydrogen (secondary N) is 1. The van der Waals surface area contributed by atoms with E-state index in [4.69, 9.17) is 10.8 Å². The third kappa shape index (κ3) is 3.17. The van der Waals surface area contributed by atoms with Crippen LogP contribution in [0.5, 0.6) is 0 Å². The number of aromatic carboxylic acids is 1. The largest absolute Gasteiger partial charge is 0.478 e. The first-order valence-electron chi connectivity index (χ1n) is 6.57. The van der Waals surface area contributed by atoms with Crippen LogP contribution in [0.3, 0.4) is 0 Å². The number of benzene rings is 1. The second kappa shape index (κ2) is 5.63. The Balaban J connectivity index is 2.33. The third-order valence-electron chi connectivity index (χ3n) is 3.76. The Morgan fingerprint density at radius 2 is 1.95 bits per heavy atom. The highest BCUT2D eigenvalue weighted by molar-refractivity contribution is 7.89. The molecule has 0 heterocycles. The van der Waals surface area contributed by atoms with Crippen LogP contribution in [-0.2, 0) is 10.0 Å². The van der Waals surface area contributed by atoms with E-state index in [1.807, 2.05) is 0 Å². The quantitative estimate of drug-likeness (QED) is 0.587. The third-order valence-corrected chi connectivity index (χ3v) is 5.41. The van der Waals surface area contributed by atoms with Crippen molar-refractivity contribution in [3.8, 4) is 0 Å². The fourth-order valence-electron chi connectivity index (χ4n) is 2.61. The monoisotopic (exact) mass is 314 g/mol. The van der Waals surface area contributed by atoms with Gasteiger partial charge in [0.2, 0.25) is 10.0 Å². The Morgan fingerprint density at radius 3 is 2.43 bits per heavy atom. The maximum atomic E-state index is 12.4. The number of carboxylic acid groups (broad SMARTS) is 1. The average Bonchev–Trinajstić information content (AvgIpc) is 2.86. The molecule has 21 heavy (non-hydrogen) atoms. The zero-order valence-electron chi connectivity index (χ0n) is 11.4. The molecular formula is C13H18N2O5S. The van der Waals surface area contributed by atoms with E-state index in [0.29, 0.717) is 12.8 Å². The van der Waals surface area contributed by atoms with Gasteiger partial charge in [-0.25, -0.2) is 17.9 Å². The zero-order valence-corrected chi connectivity index (χ0v) is 12.2. The molecule has 1 aromatic carbocycles. The first-order valence-corrected chi connectivity index (χ1v) is 8.06. The van der Waals surface area contributed by atoms with E-state index in [-0.39, 0.29) is 22.8 Å². The summed E-state index contributed by atoms with van der Waals surface area (Å²) in [6.45, 7) is -0.278. The van der Waals surface area contributed by atoms with Gasteiger partial charge in [-0.3, -0.25) is 0 Å². The summed E-state index contributed by atoms with van der Waals surface area (Å²) in [4.78, 5) is 10.7. The van der Waals surface area contributed by atoms with E-state index in [2.05, 4.69) is 4.72 Å². The van der Waals surface area contributed by atoms with Crippen molar-refractivity contribution in [3.05, 3.63) is 23.8 Å². The van der Waals surface area contributed by atoms with Crippen LogP contribution >= 0.6 is 0 Å². The second-order valence-electron chi connectivity index (χ2n) is 5.31. The summed E-state index contributed by atoms with van der Waals surface area (Å²) in [6.07, 6.45) is 2.82. The first-order chi connectivity index (χ1) is 9.80. The highest BCUT2D eigenvalue weighted by atomic mass is 32.2. The number of aliphatic hydroxyl groups excluding tert-OH is 1. The molecule has 0 atom stereocenters. The van der Waals surface area contributed by atoms with Crippen molar-refractivity contribution >= 4 is 21.7 Å². The zero-order chi connectivity index (χ0) is 15.7. The lowest BCUT2D eigenvalue weighted by molar-refractivity contribution is 0.0697. The summed E-state index contributed by atoms with van der Waals surface area (Å²) < 4.78 is 27.3. The predicted molar refractivity (Wildman–Crippen MR) is 76.4 cm³/mol. The topological polar surface area (TPSA) is 130 Å². The maximum absolute atomic E-state index is 12.4. The van der Waals surface area contributed by atoms with Gasteiger partial charge in [-0.1, -0.05) is 12.8 Å². The fraction of sp³-hybridized carbons (Fsp3) is 0.462. The van der Waals surface area contributed by atoms with Crippen molar-refractivity contribution in [1.29, 1.82) is 0 Å². The normalized spacial score (nSPS) is 17.8. The Morgan fingerprint density at radius 1 is 1.33 bits per heavy atom. The molecule has 116 valence electrons. The molecule has 1 aliphatic rings. The molecule has 8 heteroatoms. The number of carboxylic acids is 1. The first kappa shape index (κ1) is 15.7. The van der Waals surface area contributed by atoms with E-state index in [1.165, 1.54) is 12.1 Å². The fourth-order valence-corrected chi connectivity index (χ4v) is 4.18. The summed E-state index contributed by atoms with van der Waals surface area (Å²) in [6, 6.07) is 3.46. The predicted octanol–water partition coefficient (Wildman–Crippen LogP) is 0.550. The van der Waals surface area contributed by atoms with Crippen molar-refractivity contribution in [2.24, 2.45) is 0 Å². The molecule has 0 aromatic heterocycles. The molecule has 1 fully saturated rings. The van der Waals surface area contributed by atoms with Gasteiger partial charge in [0.25, 0.3) is 0 Å². The van der Waals surface area contributed by atoms with Crippen molar-refractivity contribution in [2.75, 3.05) is 12.3 Å².